The molecule has 1 aromatic heterocycles. The van der Waals surface area contributed by atoms with Crippen molar-refractivity contribution in [3.05, 3.63) is 18.5 Å². The lowest BCUT2D eigenvalue weighted by atomic mass is 9.81. The van der Waals surface area contributed by atoms with Gasteiger partial charge in [0.1, 0.15) is 0 Å². The van der Waals surface area contributed by atoms with Crippen molar-refractivity contribution < 1.29 is 9.31 Å². The third-order valence-corrected chi connectivity index (χ3v) is 1.50. The van der Waals surface area contributed by atoms with Crippen molar-refractivity contribution >= 4 is 12.6 Å². The molecule has 56 valence electrons. The van der Waals surface area contributed by atoms with Gasteiger partial charge in [-0.15, -0.1) is 0 Å². The van der Waals surface area contributed by atoms with E-state index in [9.17, 15) is 0 Å². The van der Waals surface area contributed by atoms with E-state index in [-0.39, 0.29) is 7.12 Å². The fourth-order valence-corrected chi connectivity index (χ4v) is 0.991. The molecule has 11 heavy (non-hydrogen) atoms. The molecule has 4 nitrogen and oxygen atoms in total. The molecule has 1 aliphatic rings. The lowest BCUT2D eigenvalue weighted by molar-refractivity contribution is 0.365. The van der Waals surface area contributed by atoms with Crippen molar-refractivity contribution in [1.82, 2.24) is 10.2 Å². The van der Waals surface area contributed by atoms with E-state index >= 15 is 0 Å². The molecule has 0 aliphatic carbocycles. The van der Waals surface area contributed by atoms with Gasteiger partial charge in [0.15, 0.2) is 0 Å². The normalized spacial score (nSPS) is 17.3. The molecule has 5 heteroatoms. The van der Waals surface area contributed by atoms with E-state index in [1.54, 1.807) is 12.4 Å². The number of hydrogen-bond acceptors (Lipinski definition) is 4. The Morgan fingerprint density at radius 1 is 1.27 bits per heavy atom. The van der Waals surface area contributed by atoms with Crippen LogP contribution < -0.4 is 5.46 Å². The van der Waals surface area contributed by atoms with Crippen LogP contribution in [-0.2, 0) is 9.31 Å². The Bertz CT molecular complexity index is 225. The van der Waals surface area contributed by atoms with Crippen LogP contribution in [0.4, 0.5) is 0 Å². The van der Waals surface area contributed by atoms with Gasteiger partial charge in [-0.2, -0.15) is 10.2 Å². The van der Waals surface area contributed by atoms with Crippen LogP contribution in [0.5, 0.6) is 0 Å². The second-order valence-electron chi connectivity index (χ2n) is 2.25. The van der Waals surface area contributed by atoms with Crippen LogP contribution in [0.1, 0.15) is 0 Å². The van der Waals surface area contributed by atoms with Crippen LogP contribution in [0.2, 0.25) is 0 Å². The number of aromatic nitrogens is 2. The molecule has 0 spiro atoms. The summed E-state index contributed by atoms with van der Waals surface area (Å²) in [6.45, 7) is 1.32. The zero-order chi connectivity index (χ0) is 7.52. The van der Waals surface area contributed by atoms with E-state index in [1.165, 1.54) is 0 Å². The fraction of sp³-hybridized carbons (Fsp3) is 0.333. The maximum atomic E-state index is 5.25. The third-order valence-electron chi connectivity index (χ3n) is 1.50. The minimum Gasteiger partial charge on any atom is -0.405 e. The standard InChI is InChI=1S/C6H7BN2O2/c1-2-8-9-5-6(1)7-10-3-4-11-7/h1-2,5H,3-4H2. The smallest absolute Gasteiger partial charge is 0.405 e. The molecule has 0 radical (unpaired) electrons. The minimum absolute atomic E-state index is 0.231. The highest BCUT2D eigenvalue weighted by Crippen LogP contribution is 1.97. The number of rotatable bonds is 1. The SMILES string of the molecule is c1cc(B2OCCO2)cnn1. The Morgan fingerprint density at radius 2 is 2.09 bits per heavy atom. The van der Waals surface area contributed by atoms with E-state index in [2.05, 4.69) is 10.2 Å². The molecular formula is C6H7BN2O2. The summed E-state index contributed by atoms with van der Waals surface area (Å²) in [7, 11) is -0.231. The first kappa shape index (κ1) is 6.76. The summed E-state index contributed by atoms with van der Waals surface area (Å²) >= 11 is 0. The van der Waals surface area contributed by atoms with E-state index in [0.717, 1.165) is 5.46 Å². The second kappa shape index (κ2) is 2.98. The van der Waals surface area contributed by atoms with E-state index in [1.807, 2.05) is 6.07 Å². The zero-order valence-corrected chi connectivity index (χ0v) is 5.93. The zero-order valence-electron chi connectivity index (χ0n) is 5.93. The first-order chi connectivity index (χ1) is 5.47. The molecule has 0 amide bonds. The molecule has 2 rings (SSSR count). The molecule has 1 saturated heterocycles. The average molecular weight is 150 g/mol. The summed E-state index contributed by atoms with van der Waals surface area (Å²) in [5.41, 5.74) is 0.928. The molecule has 1 fully saturated rings. The predicted octanol–water partition coefficient (Wildman–Crippen LogP) is -0.781. The van der Waals surface area contributed by atoms with E-state index in [0.29, 0.717) is 13.2 Å². The molecule has 0 aromatic carbocycles. The lowest BCUT2D eigenvalue weighted by Crippen LogP contribution is -2.31. The molecule has 1 aliphatic heterocycles. The molecule has 0 bridgehead atoms. The molecule has 2 heterocycles. The van der Waals surface area contributed by atoms with Crippen molar-refractivity contribution in [3.8, 4) is 0 Å². The van der Waals surface area contributed by atoms with Crippen LogP contribution in [0.25, 0.3) is 0 Å². The fourth-order valence-electron chi connectivity index (χ4n) is 0.991. The van der Waals surface area contributed by atoms with Gasteiger partial charge in [0, 0.05) is 17.9 Å². The summed E-state index contributed by atoms with van der Waals surface area (Å²) in [5.74, 6) is 0. The van der Waals surface area contributed by atoms with Crippen molar-refractivity contribution in [3.63, 3.8) is 0 Å². The highest BCUT2D eigenvalue weighted by molar-refractivity contribution is 6.61. The Kier molecular flexibility index (Phi) is 1.83. The van der Waals surface area contributed by atoms with Gasteiger partial charge in [0.05, 0.1) is 13.2 Å². The maximum absolute atomic E-state index is 5.25. The first-order valence-electron chi connectivity index (χ1n) is 3.46. The lowest BCUT2D eigenvalue weighted by Gasteiger charge is -2.00. The second-order valence-corrected chi connectivity index (χ2v) is 2.25. The monoisotopic (exact) mass is 150 g/mol. The molecular weight excluding hydrogens is 143 g/mol. The van der Waals surface area contributed by atoms with Crippen LogP contribution in [0.3, 0.4) is 0 Å². The first-order valence-corrected chi connectivity index (χ1v) is 3.46. The quantitative estimate of drug-likeness (QED) is 0.492. The van der Waals surface area contributed by atoms with E-state index in [4.69, 9.17) is 9.31 Å². The van der Waals surface area contributed by atoms with Gasteiger partial charge in [-0.25, -0.2) is 0 Å². The van der Waals surface area contributed by atoms with Gasteiger partial charge < -0.3 is 9.31 Å². The summed E-state index contributed by atoms with van der Waals surface area (Å²) in [6, 6.07) is 1.84. The van der Waals surface area contributed by atoms with Gasteiger partial charge in [-0.3, -0.25) is 0 Å². The summed E-state index contributed by atoms with van der Waals surface area (Å²) in [5, 5.41) is 7.37. The van der Waals surface area contributed by atoms with Crippen LogP contribution >= 0.6 is 0 Å². The Hall–Kier alpha value is -0.935. The van der Waals surface area contributed by atoms with Gasteiger partial charge in [-0.05, 0) is 6.07 Å². The topological polar surface area (TPSA) is 44.2 Å². The van der Waals surface area contributed by atoms with Gasteiger partial charge in [0.2, 0.25) is 0 Å². The molecule has 0 unspecified atom stereocenters. The Labute approximate surface area is 64.7 Å². The van der Waals surface area contributed by atoms with Crippen molar-refractivity contribution in [1.29, 1.82) is 0 Å². The highest BCUT2D eigenvalue weighted by Gasteiger charge is 2.25. The van der Waals surface area contributed by atoms with Crippen LogP contribution in [-0.4, -0.2) is 30.5 Å². The molecule has 0 saturated carbocycles. The van der Waals surface area contributed by atoms with Gasteiger partial charge in [-0.1, -0.05) is 0 Å². The third kappa shape index (κ3) is 1.39. The highest BCUT2D eigenvalue weighted by atomic mass is 16.6. The van der Waals surface area contributed by atoms with Crippen molar-refractivity contribution in [2.24, 2.45) is 0 Å². The van der Waals surface area contributed by atoms with Crippen LogP contribution in [0, 0.1) is 0 Å². The van der Waals surface area contributed by atoms with Crippen molar-refractivity contribution in [2.75, 3.05) is 13.2 Å². The summed E-state index contributed by atoms with van der Waals surface area (Å²) < 4.78 is 10.5. The molecule has 0 N–H and O–H groups in total. The predicted molar refractivity (Wildman–Crippen MR) is 39.3 cm³/mol. The Morgan fingerprint density at radius 3 is 2.73 bits per heavy atom. The maximum Gasteiger partial charge on any atom is 0.495 e. The molecule has 1 aromatic rings. The average Bonchev–Trinajstić information content (AvgIpc) is 2.58. The largest absolute Gasteiger partial charge is 0.495 e. The summed E-state index contributed by atoms with van der Waals surface area (Å²) in [6.07, 6.45) is 3.27. The number of hydrogen-bond donors (Lipinski definition) is 0. The number of nitrogens with zero attached hydrogens (tertiary/aromatic N) is 2. The van der Waals surface area contributed by atoms with Crippen molar-refractivity contribution in [2.45, 2.75) is 0 Å². The molecule has 0 atom stereocenters. The van der Waals surface area contributed by atoms with E-state index < -0.39 is 0 Å². The minimum atomic E-state index is -0.231. The van der Waals surface area contributed by atoms with Gasteiger partial charge >= 0.3 is 7.12 Å². The van der Waals surface area contributed by atoms with Crippen LogP contribution in [0.15, 0.2) is 18.5 Å². The Balaban J connectivity index is 2.16. The summed E-state index contributed by atoms with van der Waals surface area (Å²) in [4.78, 5) is 0. The van der Waals surface area contributed by atoms with Gasteiger partial charge in [0.25, 0.3) is 0 Å².